The molecule has 59 heavy (non-hydrogen) atoms. The summed E-state index contributed by atoms with van der Waals surface area (Å²) in [5.41, 5.74) is 5.98. The summed E-state index contributed by atoms with van der Waals surface area (Å²) in [6.45, 7) is 7.98. The van der Waals surface area contributed by atoms with Gasteiger partial charge in [-0.1, -0.05) is 87.7 Å². The maximum atomic E-state index is 13.1. The summed E-state index contributed by atoms with van der Waals surface area (Å²) in [5, 5.41) is 4.72. The van der Waals surface area contributed by atoms with E-state index in [-0.39, 0.29) is 13.1 Å². The van der Waals surface area contributed by atoms with Crippen molar-refractivity contribution in [1.29, 1.82) is 0 Å². The number of carbonyl (C=O) groups is 2. The number of amides is 2. The Hall–Kier alpha value is -4.08. The lowest BCUT2D eigenvalue weighted by atomic mass is 9.78. The second kappa shape index (κ2) is 15.7. The van der Waals surface area contributed by atoms with E-state index in [1.165, 1.54) is 0 Å². The van der Waals surface area contributed by atoms with Crippen LogP contribution in [0.1, 0.15) is 58.1 Å². The molecule has 0 aromatic heterocycles. The number of fused-ring (bicyclic) bond motifs is 6. The number of sulfonamides is 2. The Morgan fingerprint density at radius 2 is 1.37 bits per heavy atom. The molecule has 7 rings (SSSR count). The van der Waals surface area contributed by atoms with Crippen LogP contribution in [0.4, 0.5) is 11.4 Å². The largest absolute Gasteiger partial charge is 0.334 e. The number of hydrogen-bond donors (Lipinski definition) is 2. The number of rotatable bonds is 9. The van der Waals surface area contributed by atoms with Crippen LogP contribution in [-0.4, -0.2) is 64.5 Å². The molecule has 2 heterocycles. The third kappa shape index (κ3) is 8.61. The van der Waals surface area contributed by atoms with Crippen molar-refractivity contribution in [2.75, 3.05) is 30.5 Å². The molecule has 0 atom stereocenters. The molecular weight excluding hydrogens is 940 g/mol. The summed E-state index contributed by atoms with van der Waals surface area (Å²) >= 11 is 14.4. The lowest BCUT2D eigenvalue weighted by Crippen LogP contribution is -2.39. The minimum atomic E-state index is -3.78. The van der Waals surface area contributed by atoms with Crippen molar-refractivity contribution >= 4 is 114 Å². The van der Waals surface area contributed by atoms with Crippen LogP contribution in [0, 0.1) is 0 Å². The molecule has 0 saturated heterocycles. The normalized spacial score (nSPS) is 19.0. The van der Waals surface area contributed by atoms with Crippen molar-refractivity contribution in [3.05, 3.63) is 127 Å². The van der Waals surface area contributed by atoms with Gasteiger partial charge >= 0.3 is 0 Å². The van der Waals surface area contributed by atoms with Crippen LogP contribution in [0.3, 0.4) is 0 Å². The van der Waals surface area contributed by atoms with Gasteiger partial charge in [0.05, 0.1) is 17.9 Å². The highest BCUT2D eigenvalue weighted by atomic mass is 79.9. The van der Waals surface area contributed by atoms with Crippen LogP contribution in [0.25, 0.3) is 21.5 Å². The SMILES string of the molecule is CC1(C)C(/C=C/C2=C(Cl)C(=C/C=C3/N(CC(=O)NS(C)(=O)=O)c4ccc5cc(Br)ccc5c4C3(C)C)/CCC2)=[N+](CC(=O)NS(C)(=O)=O)c2ccc3cc(Br)ccc3c21. The molecule has 2 N–H and O–H groups in total. The quantitative estimate of drug-likeness (QED) is 0.160. The van der Waals surface area contributed by atoms with Crippen LogP contribution in [0.2, 0.25) is 0 Å². The predicted octanol–water partition coefficient (Wildman–Crippen LogP) is 8.89. The second-order valence-corrected chi connectivity index (χ2v) is 22.0. The predicted molar refractivity (Wildman–Crippen MR) is 244 cm³/mol. The Kier molecular flexibility index (Phi) is 11.5. The average Bonchev–Trinajstić information content (AvgIpc) is 3.46. The first-order chi connectivity index (χ1) is 27.5. The molecule has 3 aliphatic rings. The highest BCUT2D eigenvalue weighted by Gasteiger charge is 2.47. The molecule has 4 aromatic carbocycles. The highest BCUT2D eigenvalue weighted by molar-refractivity contribution is 9.10. The van der Waals surface area contributed by atoms with E-state index in [0.29, 0.717) is 17.9 Å². The number of carbonyl (C=O) groups excluding carboxylic acids is 2. The Bertz CT molecular complexity index is 2900. The average molecular weight is 984 g/mol. The van der Waals surface area contributed by atoms with Gasteiger partial charge in [-0.15, -0.1) is 0 Å². The Labute approximate surface area is 367 Å². The van der Waals surface area contributed by atoms with Gasteiger partial charge in [-0.3, -0.25) is 14.3 Å². The zero-order valence-electron chi connectivity index (χ0n) is 33.4. The summed E-state index contributed by atoms with van der Waals surface area (Å²) in [4.78, 5) is 28.2. The summed E-state index contributed by atoms with van der Waals surface area (Å²) < 4.78 is 56.1. The standard InChI is InChI=1S/C44H43Br2ClN4O6S2/c1-43(2)36(50(24-38(52)48-58(5,54)55)34-18-10-28-22-30(45)14-16-32(28)40(34)43)20-12-26-8-7-9-27(42(26)47)13-21-37-44(3,4)41-33-17-15-31(46)23-29(33)11-19-35(41)51(37)25-39(53)49-59(6,56)57/h10-23H,7-9,24-25H2,1-6H3,(H-,48,49,52,53)/p+1. The van der Waals surface area contributed by atoms with E-state index in [4.69, 9.17) is 11.6 Å². The molecule has 15 heteroatoms. The summed E-state index contributed by atoms with van der Waals surface area (Å²) in [6, 6.07) is 20.1. The molecule has 308 valence electrons. The van der Waals surface area contributed by atoms with Crippen molar-refractivity contribution in [3.8, 4) is 0 Å². The van der Waals surface area contributed by atoms with Crippen LogP contribution in [0.5, 0.6) is 0 Å². The number of halogens is 3. The lowest BCUT2D eigenvalue weighted by Gasteiger charge is -2.27. The van der Waals surface area contributed by atoms with E-state index in [9.17, 15) is 26.4 Å². The van der Waals surface area contributed by atoms with Gasteiger partial charge in [0, 0.05) is 48.5 Å². The monoisotopic (exact) mass is 981 g/mol. The van der Waals surface area contributed by atoms with Crippen molar-refractivity contribution in [3.63, 3.8) is 0 Å². The zero-order chi connectivity index (χ0) is 42.8. The van der Waals surface area contributed by atoms with Gasteiger partial charge in [-0.05, 0) is 114 Å². The number of allylic oxidation sites excluding steroid dienone is 8. The minimum absolute atomic E-state index is 0.208. The van der Waals surface area contributed by atoms with Gasteiger partial charge < -0.3 is 4.90 Å². The van der Waals surface area contributed by atoms with E-state index >= 15 is 0 Å². The Morgan fingerprint density at radius 3 is 2.00 bits per heavy atom. The van der Waals surface area contributed by atoms with Crippen LogP contribution < -0.4 is 14.3 Å². The number of nitrogens with one attached hydrogen (secondary N) is 2. The number of benzene rings is 4. The molecule has 0 unspecified atom stereocenters. The van der Waals surface area contributed by atoms with Gasteiger partial charge in [-0.2, -0.15) is 4.58 Å². The fraction of sp³-hybridized carbons (Fsp3) is 0.295. The first-order valence-electron chi connectivity index (χ1n) is 18.9. The smallest absolute Gasteiger partial charge is 0.299 e. The molecule has 10 nitrogen and oxygen atoms in total. The third-order valence-corrected chi connectivity index (χ3v) is 13.8. The summed E-state index contributed by atoms with van der Waals surface area (Å²) in [6.07, 6.45) is 12.1. The summed E-state index contributed by atoms with van der Waals surface area (Å²) in [5.74, 6) is -1.29. The van der Waals surface area contributed by atoms with E-state index in [1.54, 1.807) is 0 Å². The third-order valence-electron chi connectivity index (χ3n) is 11.2. The first-order valence-corrected chi connectivity index (χ1v) is 24.7. The Morgan fingerprint density at radius 1 is 0.780 bits per heavy atom. The number of hydrogen-bond acceptors (Lipinski definition) is 7. The number of anilines is 1. The van der Waals surface area contributed by atoms with Crippen LogP contribution >= 0.6 is 43.5 Å². The van der Waals surface area contributed by atoms with E-state index in [2.05, 4.69) is 81.1 Å². The molecule has 0 bridgehead atoms. The van der Waals surface area contributed by atoms with Crippen LogP contribution in [0.15, 0.2) is 116 Å². The topological polar surface area (TPSA) is 133 Å². The molecule has 2 aliphatic heterocycles. The van der Waals surface area contributed by atoms with Crippen LogP contribution in [-0.2, 0) is 40.5 Å². The van der Waals surface area contributed by atoms with Gasteiger partial charge in [0.15, 0.2) is 5.71 Å². The molecule has 0 fully saturated rings. The minimum Gasteiger partial charge on any atom is -0.334 e. The zero-order valence-corrected chi connectivity index (χ0v) is 39.0. The van der Waals surface area contributed by atoms with Gasteiger partial charge in [0.2, 0.25) is 32.3 Å². The van der Waals surface area contributed by atoms with Gasteiger partial charge in [0.25, 0.3) is 11.8 Å². The molecular formula is C44H44Br2ClN4O6S2+. The van der Waals surface area contributed by atoms with Crippen molar-refractivity contribution in [2.45, 2.75) is 57.8 Å². The molecule has 2 amide bonds. The van der Waals surface area contributed by atoms with Crippen molar-refractivity contribution < 1.29 is 31.0 Å². The number of nitrogens with zero attached hydrogens (tertiary/aromatic N) is 2. The summed E-state index contributed by atoms with van der Waals surface area (Å²) in [7, 11) is -7.55. The van der Waals surface area contributed by atoms with Crippen molar-refractivity contribution in [1.82, 2.24) is 9.44 Å². The lowest BCUT2D eigenvalue weighted by molar-refractivity contribution is -0.425. The molecule has 0 saturated carbocycles. The van der Waals surface area contributed by atoms with Crippen molar-refractivity contribution in [2.24, 2.45) is 0 Å². The molecule has 1 aliphatic carbocycles. The van der Waals surface area contributed by atoms with E-state index < -0.39 is 42.7 Å². The molecule has 0 radical (unpaired) electrons. The fourth-order valence-corrected chi connectivity index (χ4v) is 10.8. The van der Waals surface area contributed by atoms with Gasteiger partial charge in [0.1, 0.15) is 6.54 Å². The van der Waals surface area contributed by atoms with Gasteiger partial charge in [-0.25, -0.2) is 21.6 Å². The highest BCUT2D eigenvalue weighted by Crippen LogP contribution is 2.51. The van der Waals surface area contributed by atoms with E-state index in [1.807, 2.05) is 82.3 Å². The first kappa shape index (κ1) is 43.0. The maximum absolute atomic E-state index is 13.1. The molecule has 0 spiro atoms. The maximum Gasteiger partial charge on any atom is 0.299 e. The Balaban J connectivity index is 1.29. The van der Waals surface area contributed by atoms with E-state index in [0.717, 1.165) is 94.5 Å². The molecule has 4 aromatic rings. The second-order valence-electron chi connectivity index (χ2n) is 16.3. The fourth-order valence-electron chi connectivity index (χ4n) is 8.80.